The Labute approximate surface area is 317 Å². The summed E-state index contributed by atoms with van der Waals surface area (Å²) in [5, 5.41) is 9.70. The van der Waals surface area contributed by atoms with Crippen molar-refractivity contribution in [1.82, 2.24) is 19.5 Å². The molecule has 0 atom stereocenters. The second kappa shape index (κ2) is 12.6. The van der Waals surface area contributed by atoms with Crippen molar-refractivity contribution in [2.75, 3.05) is 0 Å². The van der Waals surface area contributed by atoms with Crippen LogP contribution in [0.3, 0.4) is 0 Å². The zero-order valence-corrected chi connectivity index (χ0v) is 29.8. The fourth-order valence-electron chi connectivity index (χ4n) is 8.13. The van der Waals surface area contributed by atoms with E-state index in [-0.39, 0.29) is 0 Å². The largest absolute Gasteiger partial charge is 0.309 e. The van der Waals surface area contributed by atoms with Crippen LogP contribution in [0, 0.1) is 0 Å². The molecule has 2 heterocycles. The highest BCUT2D eigenvalue weighted by molar-refractivity contribution is 6.26. The Balaban J connectivity index is 1.12. The molecule has 0 aliphatic rings. The van der Waals surface area contributed by atoms with Crippen LogP contribution in [0.25, 0.3) is 105 Å². The van der Waals surface area contributed by atoms with Crippen molar-refractivity contribution in [2.45, 2.75) is 0 Å². The molecule has 2 aromatic heterocycles. The number of hydrogen-bond acceptors (Lipinski definition) is 3. The van der Waals surface area contributed by atoms with Crippen molar-refractivity contribution < 1.29 is 0 Å². The minimum absolute atomic E-state index is 0.623. The Morgan fingerprint density at radius 2 is 0.836 bits per heavy atom. The van der Waals surface area contributed by atoms with Gasteiger partial charge in [0.25, 0.3) is 0 Å². The van der Waals surface area contributed by atoms with Crippen molar-refractivity contribution >= 4 is 54.1 Å². The molecule has 0 spiro atoms. The summed E-state index contributed by atoms with van der Waals surface area (Å²) in [6.07, 6.45) is 0. The molecule has 0 fully saturated rings. The third kappa shape index (κ3) is 5.26. The van der Waals surface area contributed by atoms with Gasteiger partial charge in [0.2, 0.25) is 0 Å². The highest BCUT2D eigenvalue weighted by Gasteiger charge is 2.19. The predicted molar refractivity (Wildman–Crippen MR) is 228 cm³/mol. The van der Waals surface area contributed by atoms with E-state index in [2.05, 4.69) is 193 Å². The van der Waals surface area contributed by atoms with Gasteiger partial charge in [-0.15, -0.1) is 0 Å². The fraction of sp³-hybridized carbons (Fsp3) is 0. The molecule has 11 aromatic rings. The lowest BCUT2D eigenvalue weighted by Crippen LogP contribution is -2.01. The van der Waals surface area contributed by atoms with Crippen molar-refractivity contribution in [2.24, 2.45) is 0 Å². The first kappa shape index (κ1) is 31.1. The fourth-order valence-corrected chi connectivity index (χ4v) is 8.13. The van der Waals surface area contributed by atoms with Gasteiger partial charge in [-0.05, 0) is 62.3 Å². The van der Waals surface area contributed by atoms with Gasteiger partial charge < -0.3 is 4.57 Å². The van der Waals surface area contributed by atoms with Crippen LogP contribution in [0.1, 0.15) is 0 Å². The monoisotopic (exact) mass is 700 g/mol. The van der Waals surface area contributed by atoms with Gasteiger partial charge in [0.1, 0.15) is 0 Å². The Hall–Kier alpha value is -7.43. The highest BCUT2D eigenvalue weighted by atomic mass is 15.0. The minimum atomic E-state index is 0.623. The van der Waals surface area contributed by atoms with Gasteiger partial charge in [-0.2, -0.15) is 0 Å². The summed E-state index contributed by atoms with van der Waals surface area (Å²) in [5.41, 5.74) is 8.51. The standard InChI is InChI=1S/C51H32N4/c1-2-11-33(12-3-1)35-21-24-38(25-22-35)49-52-50(54-51(53-49)41-26-23-34-13-4-5-16-39(34)31-41)40-17-10-18-42(32-40)55-46-30-28-36-14-6-8-19-43(36)47(46)45-29-27-37-15-7-9-20-44(37)48(45)55/h1-32H. The lowest BCUT2D eigenvalue weighted by atomic mass is 10.0. The van der Waals surface area contributed by atoms with E-state index in [9.17, 15) is 0 Å². The molecule has 11 rings (SSSR count). The van der Waals surface area contributed by atoms with E-state index in [4.69, 9.17) is 15.0 Å². The van der Waals surface area contributed by atoms with E-state index >= 15 is 0 Å². The molecule has 4 heteroatoms. The topological polar surface area (TPSA) is 43.6 Å². The van der Waals surface area contributed by atoms with E-state index < -0.39 is 0 Å². The van der Waals surface area contributed by atoms with E-state index in [1.54, 1.807) is 0 Å². The molecular weight excluding hydrogens is 669 g/mol. The van der Waals surface area contributed by atoms with E-state index in [1.807, 2.05) is 6.07 Å². The Morgan fingerprint density at radius 1 is 0.309 bits per heavy atom. The van der Waals surface area contributed by atoms with Gasteiger partial charge in [0, 0.05) is 38.5 Å². The first-order valence-electron chi connectivity index (χ1n) is 18.6. The number of nitrogens with zero attached hydrogens (tertiary/aromatic N) is 4. The molecule has 0 aliphatic carbocycles. The Kier molecular flexibility index (Phi) is 7.14. The summed E-state index contributed by atoms with van der Waals surface area (Å²) < 4.78 is 2.41. The summed E-state index contributed by atoms with van der Waals surface area (Å²) in [6.45, 7) is 0. The Morgan fingerprint density at radius 3 is 1.62 bits per heavy atom. The van der Waals surface area contributed by atoms with Gasteiger partial charge in [-0.1, -0.05) is 170 Å². The third-order valence-corrected chi connectivity index (χ3v) is 10.8. The lowest BCUT2D eigenvalue weighted by Gasteiger charge is -2.13. The zero-order valence-electron chi connectivity index (χ0n) is 29.8. The summed E-state index contributed by atoms with van der Waals surface area (Å²) >= 11 is 0. The molecule has 0 saturated heterocycles. The number of hydrogen-bond donors (Lipinski definition) is 0. The van der Waals surface area contributed by atoms with E-state index in [0.29, 0.717) is 17.5 Å². The summed E-state index contributed by atoms with van der Waals surface area (Å²) in [5.74, 6) is 1.89. The summed E-state index contributed by atoms with van der Waals surface area (Å²) in [4.78, 5) is 15.4. The van der Waals surface area contributed by atoms with E-state index in [0.717, 1.165) is 38.8 Å². The summed E-state index contributed by atoms with van der Waals surface area (Å²) in [7, 11) is 0. The van der Waals surface area contributed by atoms with Crippen LogP contribution in [0.15, 0.2) is 194 Å². The molecule has 0 amide bonds. The lowest BCUT2D eigenvalue weighted by molar-refractivity contribution is 1.07. The average molecular weight is 701 g/mol. The molecule has 0 saturated carbocycles. The Bertz CT molecular complexity index is 3250. The van der Waals surface area contributed by atoms with Crippen molar-refractivity contribution in [3.63, 3.8) is 0 Å². The second-order valence-corrected chi connectivity index (χ2v) is 14.1. The van der Waals surface area contributed by atoms with Gasteiger partial charge >= 0.3 is 0 Å². The van der Waals surface area contributed by atoms with Crippen LogP contribution in [0.4, 0.5) is 0 Å². The maximum atomic E-state index is 5.18. The van der Waals surface area contributed by atoms with Crippen molar-refractivity contribution in [3.8, 4) is 51.0 Å². The van der Waals surface area contributed by atoms with Crippen molar-refractivity contribution in [1.29, 1.82) is 0 Å². The minimum Gasteiger partial charge on any atom is -0.309 e. The molecule has 9 aromatic carbocycles. The van der Waals surface area contributed by atoms with Gasteiger partial charge in [0.05, 0.1) is 11.0 Å². The molecule has 4 nitrogen and oxygen atoms in total. The normalized spacial score (nSPS) is 11.6. The van der Waals surface area contributed by atoms with Gasteiger partial charge in [-0.3, -0.25) is 0 Å². The second-order valence-electron chi connectivity index (χ2n) is 14.1. The molecular formula is C51H32N4. The average Bonchev–Trinajstić information content (AvgIpc) is 3.62. The van der Waals surface area contributed by atoms with E-state index in [1.165, 1.54) is 48.8 Å². The first-order chi connectivity index (χ1) is 27.2. The SMILES string of the molecule is c1ccc(-c2ccc(-c3nc(-c4cccc(-n5c6ccc7ccccc7c6c6ccc7ccccc7c65)c4)nc(-c4ccc5ccccc5c4)n3)cc2)cc1. The van der Waals surface area contributed by atoms with Crippen LogP contribution in [-0.2, 0) is 0 Å². The maximum absolute atomic E-state index is 5.18. The molecule has 0 aliphatic heterocycles. The molecule has 0 bridgehead atoms. The number of benzene rings is 9. The number of aromatic nitrogens is 4. The van der Waals surface area contributed by atoms with Crippen LogP contribution in [-0.4, -0.2) is 19.5 Å². The molecule has 0 unspecified atom stereocenters. The quantitative estimate of drug-likeness (QED) is 0.179. The molecule has 0 radical (unpaired) electrons. The van der Waals surface area contributed by atoms with Crippen LogP contribution in [0.2, 0.25) is 0 Å². The van der Waals surface area contributed by atoms with Crippen molar-refractivity contribution in [3.05, 3.63) is 194 Å². The van der Waals surface area contributed by atoms with Crippen LogP contribution in [0.5, 0.6) is 0 Å². The zero-order chi connectivity index (χ0) is 36.3. The third-order valence-electron chi connectivity index (χ3n) is 10.8. The first-order valence-corrected chi connectivity index (χ1v) is 18.6. The predicted octanol–water partition coefficient (Wildman–Crippen LogP) is 13.1. The van der Waals surface area contributed by atoms with Gasteiger partial charge in [0.15, 0.2) is 17.5 Å². The molecule has 0 N–H and O–H groups in total. The van der Waals surface area contributed by atoms with Gasteiger partial charge in [-0.25, -0.2) is 15.0 Å². The molecule has 55 heavy (non-hydrogen) atoms. The summed E-state index contributed by atoms with van der Waals surface area (Å²) in [6, 6.07) is 68.7. The number of rotatable bonds is 5. The molecule has 256 valence electrons. The van der Waals surface area contributed by atoms with Crippen LogP contribution < -0.4 is 0 Å². The van der Waals surface area contributed by atoms with Crippen LogP contribution >= 0.6 is 0 Å². The smallest absolute Gasteiger partial charge is 0.164 e. The number of fused-ring (bicyclic) bond motifs is 8. The maximum Gasteiger partial charge on any atom is 0.164 e. The highest BCUT2D eigenvalue weighted by Crippen LogP contribution is 2.40.